The maximum atomic E-state index is 12.3. The summed E-state index contributed by atoms with van der Waals surface area (Å²) < 4.78 is 45.9. The van der Waals surface area contributed by atoms with Crippen molar-refractivity contribution in [1.29, 1.82) is 0 Å². The number of hydrogen-bond acceptors (Lipinski definition) is 7. The Kier molecular flexibility index (Phi) is 6.83. The summed E-state index contributed by atoms with van der Waals surface area (Å²) in [5, 5.41) is 13.2. The number of amides is 1. The molecule has 1 saturated heterocycles. The first-order valence-corrected chi connectivity index (χ1v) is 9.19. The van der Waals surface area contributed by atoms with Gasteiger partial charge in [0.2, 0.25) is 11.8 Å². The Balaban J connectivity index is 1.52. The number of nitrogens with zero attached hydrogens (tertiary/aromatic N) is 2. The van der Waals surface area contributed by atoms with Gasteiger partial charge in [0.05, 0.1) is 12.3 Å². The smallest absolute Gasteiger partial charge is 0.406 e. The van der Waals surface area contributed by atoms with Gasteiger partial charge in [-0.1, -0.05) is 12.1 Å². The fourth-order valence-corrected chi connectivity index (χ4v) is 2.91. The lowest BCUT2D eigenvalue weighted by Crippen LogP contribution is -2.33. The summed E-state index contributed by atoms with van der Waals surface area (Å²) in [5.41, 5.74) is 0.328. The van der Waals surface area contributed by atoms with Gasteiger partial charge < -0.3 is 20.1 Å². The van der Waals surface area contributed by atoms with E-state index in [2.05, 4.69) is 25.6 Å². The monoisotopic (exact) mass is 424 g/mol. The van der Waals surface area contributed by atoms with Crippen LogP contribution in [0.5, 0.6) is 11.6 Å². The Morgan fingerprint density at radius 1 is 1.13 bits per heavy atom. The molecule has 2 heterocycles. The Morgan fingerprint density at radius 2 is 1.90 bits per heavy atom. The van der Waals surface area contributed by atoms with Gasteiger partial charge in [-0.2, -0.15) is 0 Å². The van der Waals surface area contributed by atoms with Gasteiger partial charge in [-0.05, 0) is 49.7 Å². The van der Waals surface area contributed by atoms with Crippen molar-refractivity contribution in [3.63, 3.8) is 0 Å². The molecule has 1 aromatic heterocycles. The first-order valence-electron chi connectivity index (χ1n) is 9.19. The van der Waals surface area contributed by atoms with E-state index in [1.807, 2.05) is 0 Å². The average Bonchev–Trinajstić information content (AvgIpc) is 2.69. The van der Waals surface area contributed by atoms with E-state index >= 15 is 0 Å². The fraction of sp³-hybridized carbons (Fsp3) is 0.368. The van der Waals surface area contributed by atoms with Crippen LogP contribution in [-0.4, -0.2) is 41.5 Å². The van der Waals surface area contributed by atoms with Gasteiger partial charge in [-0.25, -0.2) is 0 Å². The second kappa shape index (κ2) is 9.53. The minimum absolute atomic E-state index is 0.0218. The van der Waals surface area contributed by atoms with Crippen molar-refractivity contribution in [2.24, 2.45) is 5.92 Å². The number of carbonyl (C=O) groups is 2. The molecule has 8 nitrogen and oxygen atoms in total. The van der Waals surface area contributed by atoms with Crippen LogP contribution in [0.2, 0.25) is 0 Å². The van der Waals surface area contributed by atoms with E-state index in [4.69, 9.17) is 4.74 Å². The third kappa shape index (κ3) is 6.69. The van der Waals surface area contributed by atoms with Gasteiger partial charge >= 0.3 is 12.3 Å². The van der Waals surface area contributed by atoms with Crippen molar-refractivity contribution in [2.75, 3.05) is 18.4 Å². The molecule has 3 rings (SSSR count). The minimum atomic E-state index is -4.81. The van der Waals surface area contributed by atoms with E-state index in [1.165, 1.54) is 24.3 Å². The number of esters is 1. The first kappa shape index (κ1) is 21.5. The second-order valence-electron chi connectivity index (χ2n) is 6.62. The number of benzene rings is 1. The van der Waals surface area contributed by atoms with Crippen molar-refractivity contribution >= 4 is 17.7 Å². The molecule has 2 aromatic rings. The molecule has 0 atom stereocenters. The predicted molar refractivity (Wildman–Crippen MR) is 98.7 cm³/mol. The SMILES string of the molecule is O=C(Cc1cccc(OC(F)(F)F)c1)Nc1ccc(OC(=O)C2CCNCC2)nn1. The zero-order chi connectivity index (χ0) is 21.6. The number of carbonyl (C=O) groups excluding carboxylic acids is 2. The summed E-state index contributed by atoms with van der Waals surface area (Å²) in [4.78, 5) is 24.2. The van der Waals surface area contributed by atoms with Gasteiger partial charge in [0.25, 0.3) is 0 Å². The lowest BCUT2D eigenvalue weighted by Gasteiger charge is -2.20. The number of ether oxygens (including phenoxy) is 2. The van der Waals surface area contributed by atoms with Crippen molar-refractivity contribution in [2.45, 2.75) is 25.6 Å². The summed E-state index contributed by atoms with van der Waals surface area (Å²) in [6.45, 7) is 1.50. The quantitative estimate of drug-likeness (QED) is 0.687. The van der Waals surface area contributed by atoms with Crippen molar-refractivity contribution in [3.05, 3.63) is 42.0 Å². The highest BCUT2D eigenvalue weighted by Gasteiger charge is 2.31. The van der Waals surface area contributed by atoms with Crippen LogP contribution in [0.1, 0.15) is 18.4 Å². The van der Waals surface area contributed by atoms with E-state index in [1.54, 1.807) is 0 Å². The van der Waals surface area contributed by atoms with Gasteiger partial charge in [0.1, 0.15) is 5.75 Å². The zero-order valence-electron chi connectivity index (χ0n) is 15.7. The molecule has 2 N–H and O–H groups in total. The lowest BCUT2D eigenvalue weighted by atomic mass is 9.99. The van der Waals surface area contributed by atoms with Crippen molar-refractivity contribution < 1.29 is 32.2 Å². The molecule has 160 valence electrons. The van der Waals surface area contributed by atoms with E-state index in [-0.39, 0.29) is 30.0 Å². The summed E-state index contributed by atoms with van der Waals surface area (Å²) in [6.07, 6.45) is -3.62. The maximum absolute atomic E-state index is 12.3. The minimum Gasteiger partial charge on any atom is -0.406 e. The topological polar surface area (TPSA) is 102 Å². The highest BCUT2D eigenvalue weighted by molar-refractivity contribution is 5.91. The molecule has 1 amide bonds. The standard InChI is InChI=1S/C19H19F3N4O4/c20-19(21,22)30-14-3-1-2-12(10-14)11-16(27)24-15-4-5-17(26-25-15)29-18(28)13-6-8-23-9-7-13/h1-5,10,13,23H,6-9,11H2,(H,24,25,27). The van der Waals surface area contributed by atoms with Crippen LogP contribution in [0.25, 0.3) is 0 Å². The second-order valence-corrected chi connectivity index (χ2v) is 6.62. The maximum Gasteiger partial charge on any atom is 0.573 e. The fourth-order valence-electron chi connectivity index (χ4n) is 2.91. The highest BCUT2D eigenvalue weighted by atomic mass is 19.4. The number of anilines is 1. The molecule has 30 heavy (non-hydrogen) atoms. The number of nitrogens with one attached hydrogen (secondary N) is 2. The Bertz CT molecular complexity index is 884. The number of piperidine rings is 1. The van der Waals surface area contributed by atoms with Crippen LogP contribution in [0.4, 0.5) is 19.0 Å². The van der Waals surface area contributed by atoms with E-state index in [9.17, 15) is 22.8 Å². The zero-order valence-corrected chi connectivity index (χ0v) is 15.7. The largest absolute Gasteiger partial charge is 0.573 e. The van der Waals surface area contributed by atoms with E-state index in [0.29, 0.717) is 18.4 Å². The summed E-state index contributed by atoms with van der Waals surface area (Å²) in [7, 11) is 0. The highest BCUT2D eigenvalue weighted by Crippen LogP contribution is 2.23. The van der Waals surface area contributed by atoms with E-state index in [0.717, 1.165) is 25.2 Å². The first-order chi connectivity index (χ1) is 14.3. The van der Waals surface area contributed by atoms with Gasteiger partial charge in [-0.15, -0.1) is 23.4 Å². The molecular formula is C19H19F3N4O4. The molecule has 1 aromatic carbocycles. The molecule has 0 radical (unpaired) electrons. The number of alkyl halides is 3. The molecule has 1 fully saturated rings. The predicted octanol–water partition coefficient (Wildman–Crippen LogP) is 2.46. The molecular weight excluding hydrogens is 405 g/mol. The molecule has 1 aliphatic heterocycles. The number of halogens is 3. The van der Waals surface area contributed by atoms with Gasteiger partial charge in [0, 0.05) is 6.07 Å². The molecule has 0 aliphatic carbocycles. The van der Waals surface area contributed by atoms with Gasteiger partial charge in [-0.3, -0.25) is 9.59 Å². The molecule has 0 unspecified atom stereocenters. The van der Waals surface area contributed by atoms with Crippen LogP contribution < -0.4 is 20.1 Å². The number of aromatic nitrogens is 2. The molecule has 1 aliphatic rings. The molecule has 0 saturated carbocycles. The van der Waals surface area contributed by atoms with Crippen molar-refractivity contribution in [1.82, 2.24) is 15.5 Å². The Hall–Kier alpha value is -3.21. The summed E-state index contributed by atoms with van der Waals surface area (Å²) in [5.74, 6) is -1.34. The Morgan fingerprint density at radius 3 is 2.57 bits per heavy atom. The van der Waals surface area contributed by atoms with E-state index < -0.39 is 18.0 Å². The van der Waals surface area contributed by atoms with Crippen LogP contribution in [0, 0.1) is 5.92 Å². The normalized spacial score (nSPS) is 14.8. The van der Waals surface area contributed by atoms with Crippen molar-refractivity contribution in [3.8, 4) is 11.6 Å². The lowest BCUT2D eigenvalue weighted by molar-refractivity contribution is -0.274. The Labute approximate surface area is 169 Å². The summed E-state index contributed by atoms with van der Waals surface area (Å²) >= 11 is 0. The van der Waals surface area contributed by atoms with Crippen LogP contribution in [0.15, 0.2) is 36.4 Å². The van der Waals surface area contributed by atoms with Crippen LogP contribution >= 0.6 is 0 Å². The third-order valence-electron chi connectivity index (χ3n) is 4.28. The molecule has 0 bridgehead atoms. The number of rotatable bonds is 6. The van der Waals surface area contributed by atoms with Gasteiger partial charge in [0.15, 0.2) is 5.82 Å². The average molecular weight is 424 g/mol. The molecule has 11 heteroatoms. The third-order valence-corrected chi connectivity index (χ3v) is 4.28. The number of hydrogen-bond donors (Lipinski definition) is 2. The summed E-state index contributed by atoms with van der Waals surface area (Å²) in [6, 6.07) is 7.94. The van der Waals surface area contributed by atoms with Crippen LogP contribution in [-0.2, 0) is 16.0 Å². The van der Waals surface area contributed by atoms with Crippen LogP contribution in [0.3, 0.4) is 0 Å². The molecule has 0 spiro atoms.